The monoisotopic (exact) mass is 448 g/mol. The number of rotatable bonds is 4. The molecular formula is C27H29ClN2O2. The maximum absolute atomic E-state index is 14.0. The van der Waals surface area contributed by atoms with Crippen molar-refractivity contribution < 1.29 is 9.53 Å². The average Bonchev–Trinajstić information content (AvgIpc) is 2.85. The van der Waals surface area contributed by atoms with Crippen LogP contribution in [0.1, 0.15) is 36.8 Å². The number of fused-ring (bicyclic) bond motifs is 1. The van der Waals surface area contributed by atoms with E-state index in [0.717, 1.165) is 56.3 Å². The van der Waals surface area contributed by atoms with Crippen LogP contribution in [0.2, 0.25) is 5.02 Å². The molecule has 2 saturated heterocycles. The number of para-hydroxylation sites is 1. The molecule has 2 aromatic carbocycles. The van der Waals surface area contributed by atoms with Crippen LogP contribution in [-0.2, 0) is 21.4 Å². The standard InChI is InChI=1S/C27H29ClN2O2/c28-24-10-8-23(9-11-24)27(12-16-32-17-13-27)26(31)30-15-3-4-20(19-30)18-22-6-1-5-21-7-2-14-29-25(21)22/h1-2,5-11,14,20H,3-4,12-13,15-19H2. The van der Waals surface area contributed by atoms with Gasteiger partial charge in [-0.05, 0) is 67.3 Å². The van der Waals surface area contributed by atoms with Crippen LogP contribution in [0.3, 0.4) is 0 Å². The summed E-state index contributed by atoms with van der Waals surface area (Å²) in [6.45, 7) is 2.87. The fourth-order valence-corrected chi connectivity index (χ4v) is 5.60. The van der Waals surface area contributed by atoms with Crippen LogP contribution >= 0.6 is 11.6 Å². The molecular weight excluding hydrogens is 420 g/mol. The maximum Gasteiger partial charge on any atom is 0.233 e. The van der Waals surface area contributed by atoms with Crippen molar-refractivity contribution in [3.05, 3.63) is 76.9 Å². The number of amides is 1. The third-order valence-electron chi connectivity index (χ3n) is 7.18. The lowest BCUT2D eigenvalue weighted by molar-refractivity contribution is -0.143. The van der Waals surface area contributed by atoms with Crippen LogP contribution in [0.4, 0.5) is 0 Å². The van der Waals surface area contributed by atoms with Gasteiger partial charge < -0.3 is 9.64 Å². The molecule has 0 bridgehead atoms. The van der Waals surface area contributed by atoms with Crippen LogP contribution in [0, 0.1) is 5.92 Å². The lowest BCUT2D eigenvalue weighted by atomic mass is 9.72. The molecule has 0 N–H and O–H groups in total. The molecule has 1 amide bonds. The highest BCUT2D eigenvalue weighted by molar-refractivity contribution is 6.30. The second-order valence-corrected chi connectivity index (χ2v) is 9.59. The number of pyridine rings is 1. The van der Waals surface area contributed by atoms with Crippen molar-refractivity contribution in [3.63, 3.8) is 0 Å². The molecule has 1 unspecified atom stereocenters. The molecule has 2 aliphatic rings. The topological polar surface area (TPSA) is 42.4 Å². The van der Waals surface area contributed by atoms with Gasteiger partial charge in [0.2, 0.25) is 5.91 Å². The number of likely N-dealkylation sites (tertiary alicyclic amines) is 1. The van der Waals surface area contributed by atoms with E-state index in [1.165, 1.54) is 10.9 Å². The van der Waals surface area contributed by atoms with E-state index in [-0.39, 0.29) is 5.91 Å². The first kappa shape index (κ1) is 21.4. The molecule has 0 saturated carbocycles. The summed E-state index contributed by atoms with van der Waals surface area (Å²) in [5, 5.41) is 1.88. The minimum atomic E-state index is -0.508. The SMILES string of the molecule is O=C(N1CCCC(Cc2cccc3cccnc23)C1)C1(c2ccc(Cl)cc2)CCOCC1. The number of aromatic nitrogens is 1. The summed E-state index contributed by atoms with van der Waals surface area (Å²) in [7, 11) is 0. The normalized spacial score (nSPS) is 20.9. The summed E-state index contributed by atoms with van der Waals surface area (Å²) in [4.78, 5) is 20.7. The molecule has 2 aliphatic heterocycles. The van der Waals surface area contributed by atoms with Crippen molar-refractivity contribution in [2.45, 2.75) is 37.5 Å². The molecule has 3 aromatic rings. The quantitative estimate of drug-likeness (QED) is 0.535. The highest BCUT2D eigenvalue weighted by Gasteiger charge is 2.44. The van der Waals surface area contributed by atoms with Crippen molar-refractivity contribution in [1.29, 1.82) is 0 Å². The van der Waals surface area contributed by atoms with E-state index in [1.54, 1.807) is 0 Å². The first-order chi connectivity index (χ1) is 15.7. The minimum absolute atomic E-state index is 0.254. The Kier molecular flexibility index (Phi) is 6.16. The van der Waals surface area contributed by atoms with Gasteiger partial charge in [-0.3, -0.25) is 9.78 Å². The number of halogens is 1. The Hall–Kier alpha value is -2.43. The molecule has 0 spiro atoms. The Morgan fingerprint density at radius 2 is 1.88 bits per heavy atom. The Balaban J connectivity index is 1.38. The molecule has 0 aliphatic carbocycles. The van der Waals surface area contributed by atoms with Crippen molar-refractivity contribution in [3.8, 4) is 0 Å². The van der Waals surface area contributed by atoms with Crippen LogP contribution in [-0.4, -0.2) is 42.1 Å². The van der Waals surface area contributed by atoms with Crippen LogP contribution in [0.25, 0.3) is 10.9 Å². The Bertz CT molecular complexity index is 1090. The number of hydrogen-bond acceptors (Lipinski definition) is 3. The number of piperidine rings is 1. The number of carbonyl (C=O) groups is 1. The molecule has 32 heavy (non-hydrogen) atoms. The van der Waals surface area contributed by atoms with Crippen LogP contribution in [0.15, 0.2) is 60.8 Å². The summed E-state index contributed by atoms with van der Waals surface area (Å²) < 4.78 is 5.64. The molecule has 5 heteroatoms. The van der Waals surface area contributed by atoms with Gasteiger partial charge in [0.1, 0.15) is 0 Å². The maximum atomic E-state index is 14.0. The average molecular weight is 449 g/mol. The molecule has 4 nitrogen and oxygen atoms in total. The Labute approximate surface area is 194 Å². The third kappa shape index (κ3) is 4.14. The first-order valence-electron chi connectivity index (χ1n) is 11.6. The van der Waals surface area contributed by atoms with E-state index in [0.29, 0.717) is 24.2 Å². The van der Waals surface area contributed by atoms with Gasteiger partial charge in [0, 0.05) is 42.9 Å². The lowest BCUT2D eigenvalue weighted by Crippen LogP contribution is -2.52. The van der Waals surface area contributed by atoms with Crippen LogP contribution in [0.5, 0.6) is 0 Å². The molecule has 1 atom stereocenters. The summed E-state index contributed by atoms with van der Waals surface area (Å²) in [5.74, 6) is 0.700. The number of nitrogens with zero attached hydrogens (tertiary/aromatic N) is 2. The Morgan fingerprint density at radius 1 is 1.09 bits per heavy atom. The van der Waals surface area contributed by atoms with Gasteiger partial charge >= 0.3 is 0 Å². The van der Waals surface area contributed by atoms with Crippen molar-refractivity contribution in [2.75, 3.05) is 26.3 Å². The van der Waals surface area contributed by atoms with Crippen LogP contribution < -0.4 is 0 Å². The van der Waals surface area contributed by atoms with Gasteiger partial charge in [0.25, 0.3) is 0 Å². The zero-order chi connectivity index (χ0) is 22.0. The van der Waals surface area contributed by atoms with Gasteiger partial charge in [0.15, 0.2) is 0 Å². The highest BCUT2D eigenvalue weighted by atomic mass is 35.5. The zero-order valence-corrected chi connectivity index (χ0v) is 19.1. The molecule has 1 aromatic heterocycles. The number of carbonyl (C=O) groups excluding carboxylic acids is 1. The van der Waals surface area contributed by atoms with E-state index in [1.807, 2.05) is 36.5 Å². The third-order valence-corrected chi connectivity index (χ3v) is 7.44. The molecule has 166 valence electrons. The summed E-state index contributed by atoms with van der Waals surface area (Å²) in [6, 6.07) is 18.3. The fourth-order valence-electron chi connectivity index (χ4n) is 5.48. The van der Waals surface area contributed by atoms with Gasteiger partial charge in [-0.1, -0.05) is 48.0 Å². The minimum Gasteiger partial charge on any atom is -0.381 e. The van der Waals surface area contributed by atoms with Crippen molar-refractivity contribution in [1.82, 2.24) is 9.88 Å². The van der Waals surface area contributed by atoms with Gasteiger partial charge in [-0.2, -0.15) is 0 Å². The Morgan fingerprint density at radius 3 is 2.69 bits per heavy atom. The second kappa shape index (κ2) is 9.21. The molecule has 2 fully saturated rings. The smallest absolute Gasteiger partial charge is 0.233 e. The van der Waals surface area contributed by atoms with E-state index < -0.39 is 5.41 Å². The highest BCUT2D eigenvalue weighted by Crippen LogP contribution is 2.38. The fraction of sp³-hybridized carbons (Fsp3) is 0.407. The van der Waals surface area contributed by atoms with Gasteiger partial charge in [0.05, 0.1) is 10.9 Å². The van der Waals surface area contributed by atoms with E-state index in [2.05, 4.69) is 34.1 Å². The predicted molar refractivity (Wildman–Crippen MR) is 128 cm³/mol. The van der Waals surface area contributed by atoms with Crippen molar-refractivity contribution >= 4 is 28.4 Å². The summed E-state index contributed by atoms with van der Waals surface area (Å²) in [5.41, 5.74) is 2.92. The van der Waals surface area contributed by atoms with E-state index in [9.17, 15) is 4.79 Å². The van der Waals surface area contributed by atoms with Gasteiger partial charge in [-0.15, -0.1) is 0 Å². The first-order valence-corrected chi connectivity index (χ1v) is 12.0. The molecule has 3 heterocycles. The number of hydrogen-bond donors (Lipinski definition) is 0. The number of ether oxygens (including phenoxy) is 1. The summed E-state index contributed by atoms with van der Waals surface area (Å²) >= 11 is 6.14. The van der Waals surface area contributed by atoms with Crippen molar-refractivity contribution in [2.24, 2.45) is 5.92 Å². The lowest BCUT2D eigenvalue weighted by Gasteiger charge is -2.43. The summed E-state index contributed by atoms with van der Waals surface area (Å²) in [6.07, 6.45) is 6.45. The number of benzene rings is 2. The predicted octanol–water partition coefficient (Wildman–Crippen LogP) is 5.42. The zero-order valence-electron chi connectivity index (χ0n) is 18.3. The second-order valence-electron chi connectivity index (χ2n) is 9.16. The van der Waals surface area contributed by atoms with E-state index >= 15 is 0 Å². The molecule has 5 rings (SSSR count). The van der Waals surface area contributed by atoms with E-state index in [4.69, 9.17) is 16.3 Å². The molecule has 0 radical (unpaired) electrons. The largest absolute Gasteiger partial charge is 0.381 e. The van der Waals surface area contributed by atoms with Gasteiger partial charge in [-0.25, -0.2) is 0 Å².